The van der Waals surface area contributed by atoms with Gasteiger partial charge in [0.05, 0.1) is 7.11 Å². The largest absolute Gasteiger partial charge is 0.496 e. The highest BCUT2D eigenvalue weighted by molar-refractivity contribution is 14.1. The number of alkyl halides is 1. The molecule has 0 saturated heterocycles. The fraction of sp³-hybridized carbons (Fsp3) is 0.538. The van der Waals surface area contributed by atoms with Gasteiger partial charge in [-0.1, -0.05) is 48.0 Å². The molecular formula is C13H19ClINO. The lowest BCUT2D eigenvalue weighted by Gasteiger charge is -2.20. The molecule has 1 aromatic carbocycles. The van der Waals surface area contributed by atoms with Crippen LogP contribution < -0.4 is 10.1 Å². The molecule has 96 valence electrons. The highest BCUT2D eigenvalue weighted by atomic mass is 127. The Balaban J connectivity index is 2.70. The van der Waals surface area contributed by atoms with E-state index in [-0.39, 0.29) is 0 Å². The molecule has 1 aromatic rings. The molecule has 0 saturated carbocycles. The molecule has 0 bridgehead atoms. The number of benzene rings is 1. The summed E-state index contributed by atoms with van der Waals surface area (Å²) in [4.78, 5) is 0. The summed E-state index contributed by atoms with van der Waals surface area (Å²) in [5.41, 5.74) is 1.11. The molecule has 0 fully saturated rings. The molecule has 4 heteroatoms. The minimum absolute atomic E-state index is 0.513. The first-order valence-corrected chi connectivity index (χ1v) is 7.60. The van der Waals surface area contributed by atoms with Crippen molar-refractivity contribution < 1.29 is 4.74 Å². The van der Waals surface area contributed by atoms with Gasteiger partial charge in [0.2, 0.25) is 0 Å². The molecule has 1 rings (SSSR count). The molecule has 0 aromatic heterocycles. The predicted molar refractivity (Wildman–Crippen MR) is 82.4 cm³/mol. The van der Waals surface area contributed by atoms with Gasteiger partial charge in [0.25, 0.3) is 0 Å². The molecule has 1 atom stereocenters. The Morgan fingerprint density at radius 2 is 2.12 bits per heavy atom. The number of nitrogens with one attached hydrogen (secondary N) is 1. The molecule has 0 heterocycles. The average Bonchev–Trinajstić information content (AvgIpc) is 2.29. The number of hydrogen-bond acceptors (Lipinski definition) is 2. The fourth-order valence-electron chi connectivity index (χ4n) is 1.59. The molecule has 0 aliphatic rings. The quantitative estimate of drug-likeness (QED) is 0.608. The topological polar surface area (TPSA) is 21.3 Å². The molecule has 0 aliphatic carbocycles. The summed E-state index contributed by atoms with van der Waals surface area (Å²) in [5, 5.41) is 4.29. The smallest absolute Gasteiger partial charge is 0.123 e. The molecular weight excluding hydrogens is 349 g/mol. The average molecular weight is 368 g/mol. The van der Waals surface area contributed by atoms with Crippen molar-refractivity contribution in [2.45, 2.75) is 26.4 Å². The van der Waals surface area contributed by atoms with Crippen molar-refractivity contribution in [1.82, 2.24) is 5.32 Å². The van der Waals surface area contributed by atoms with Crippen LogP contribution in [0.2, 0.25) is 5.02 Å². The van der Waals surface area contributed by atoms with Crippen molar-refractivity contribution in [2.75, 3.05) is 11.5 Å². The van der Waals surface area contributed by atoms with Gasteiger partial charge in [-0.2, -0.15) is 0 Å². The Kier molecular flexibility index (Phi) is 6.59. The van der Waals surface area contributed by atoms with Gasteiger partial charge < -0.3 is 10.1 Å². The Morgan fingerprint density at radius 1 is 1.41 bits per heavy atom. The van der Waals surface area contributed by atoms with Crippen LogP contribution in [-0.4, -0.2) is 17.6 Å². The zero-order chi connectivity index (χ0) is 12.8. The molecule has 2 nitrogen and oxygen atoms in total. The van der Waals surface area contributed by atoms with Gasteiger partial charge in [-0.15, -0.1) is 0 Å². The van der Waals surface area contributed by atoms with E-state index in [0.717, 1.165) is 27.3 Å². The van der Waals surface area contributed by atoms with Crippen molar-refractivity contribution in [3.63, 3.8) is 0 Å². The van der Waals surface area contributed by atoms with Crippen LogP contribution in [-0.2, 0) is 6.54 Å². The lowest BCUT2D eigenvalue weighted by atomic mass is 10.1. The minimum atomic E-state index is 0.513. The fourth-order valence-corrected chi connectivity index (χ4v) is 3.12. The summed E-state index contributed by atoms with van der Waals surface area (Å²) < 4.78 is 6.42. The first kappa shape index (κ1) is 15.1. The Hall–Kier alpha value is -0.000000000000000111. The summed E-state index contributed by atoms with van der Waals surface area (Å²) in [6.07, 6.45) is 0. The van der Waals surface area contributed by atoms with Crippen molar-refractivity contribution in [3.05, 3.63) is 28.8 Å². The standard InChI is InChI=1S/C13H19ClINO/c1-9(2)12(7-15)16-8-10-6-11(14)4-5-13(10)17-3/h4-6,9,12,16H,7-8H2,1-3H3. The van der Waals surface area contributed by atoms with Crippen molar-refractivity contribution in [2.24, 2.45) is 5.92 Å². The van der Waals surface area contributed by atoms with Gasteiger partial charge in [-0.25, -0.2) is 0 Å². The molecule has 17 heavy (non-hydrogen) atoms. The summed E-state index contributed by atoms with van der Waals surface area (Å²) in [6, 6.07) is 6.23. The Bertz CT molecular complexity index is 357. The van der Waals surface area contributed by atoms with Gasteiger partial charge in [0.15, 0.2) is 0 Å². The number of methoxy groups -OCH3 is 1. The first-order valence-electron chi connectivity index (χ1n) is 5.70. The third-order valence-corrected chi connectivity index (χ3v) is 3.95. The molecule has 0 radical (unpaired) electrons. The van der Waals surface area contributed by atoms with E-state index in [2.05, 4.69) is 41.8 Å². The van der Waals surface area contributed by atoms with Crippen LogP contribution in [0.4, 0.5) is 0 Å². The lowest BCUT2D eigenvalue weighted by Crippen LogP contribution is -2.34. The maximum atomic E-state index is 6.00. The number of rotatable bonds is 6. The molecule has 1 N–H and O–H groups in total. The van der Waals surface area contributed by atoms with Crippen LogP contribution in [0.5, 0.6) is 5.75 Å². The zero-order valence-electron chi connectivity index (χ0n) is 10.5. The third-order valence-electron chi connectivity index (χ3n) is 2.77. The molecule has 0 spiro atoms. The maximum absolute atomic E-state index is 6.00. The molecule has 1 unspecified atom stereocenters. The van der Waals surface area contributed by atoms with E-state index in [9.17, 15) is 0 Å². The normalized spacial score (nSPS) is 12.8. The van der Waals surface area contributed by atoms with Crippen LogP contribution in [0.15, 0.2) is 18.2 Å². The van der Waals surface area contributed by atoms with Crippen LogP contribution in [0.1, 0.15) is 19.4 Å². The van der Waals surface area contributed by atoms with E-state index in [0.29, 0.717) is 12.0 Å². The maximum Gasteiger partial charge on any atom is 0.123 e. The summed E-state index contributed by atoms with van der Waals surface area (Å²) in [6.45, 7) is 5.24. The van der Waals surface area contributed by atoms with E-state index >= 15 is 0 Å². The summed E-state index contributed by atoms with van der Waals surface area (Å²) >= 11 is 8.41. The van der Waals surface area contributed by atoms with Crippen LogP contribution in [0.3, 0.4) is 0 Å². The summed E-state index contributed by atoms with van der Waals surface area (Å²) in [7, 11) is 1.69. The minimum Gasteiger partial charge on any atom is -0.496 e. The molecule has 0 aliphatic heterocycles. The monoisotopic (exact) mass is 367 g/mol. The van der Waals surface area contributed by atoms with Crippen molar-refractivity contribution in [3.8, 4) is 5.75 Å². The highest BCUT2D eigenvalue weighted by Crippen LogP contribution is 2.22. The van der Waals surface area contributed by atoms with Crippen LogP contribution in [0, 0.1) is 5.92 Å². The van der Waals surface area contributed by atoms with E-state index in [1.807, 2.05) is 18.2 Å². The lowest BCUT2D eigenvalue weighted by molar-refractivity contribution is 0.398. The SMILES string of the molecule is COc1ccc(Cl)cc1CNC(CI)C(C)C. The second kappa shape index (κ2) is 7.44. The van der Waals surface area contributed by atoms with Gasteiger partial charge >= 0.3 is 0 Å². The Morgan fingerprint density at radius 3 is 2.65 bits per heavy atom. The zero-order valence-corrected chi connectivity index (χ0v) is 13.4. The van der Waals surface area contributed by atoms with Gasteiger partial charge in [0.1, 0.15) is 5.75 Å². The van der Waals surface area contributed by atoms with Crippen molar-refractivity contribution >= 4 is 34.2 Å². The second-order valence-electron chi connectivity index (χ2n) is 4.34. The number of hydrogen-bond donors (Lipinski definition) is 1. The van der Waals surface area contributed by atoms with Gasteiger partial charge in [-0.05, 0) is 24.1 Å². The number of halogens is 2. The Labute approximate surface area is 122 Å². The number of ether oxygens (including phenoxy) is 1. The van der Waals surface area contributed by atoms with E-state index in [1.165, 1.54) is 0 Å². The second-order valence-corrected chi connectivity index (χ2v) is 5.66. The van der Waals surface area contributed by atoms with Gasteiger partial charge in [0, 0.05) is 27.6 Å². The van der Waals surface area contributed by atoms with E-state index in [4.69, 9.17) is 16.3 Å². The molecule has 0 amide bonds. The highest BCUT2D eigenvalue weighted by Gasteiger charge is 2.12. The van der Waals surface area contributed by atoms with E-state index in [1.54, 1.807) is 7.11 Å². The van der Waals surface area contributed by atoms with Gasteiger partial charge in [-0.3, -0.25) is 0 Å². The van der Waals surface area contributed by atoms with Crippen LogP contribution >= 0.6 is 34.2 Å². The first-order chi connectivity index (χ1) is 8.08. The van der Waals surface area contributed by atoms with E-state index < -0.39 is 0 Å². The third kappa shape index (κ3) is 4.64. The summed E-state index contributed by atoms with van der Waals surface area (Å²) in [5.74, 6) is 1.51. The van der Waals surface area contributed by atoms with Crippen molar-refractivity contribution in [1.29, 1.82) is 0 Å². The predicted octanol–water partition coefficient (Wildman–Crippen LogP) is 3.90. The van der Waals surface area contributed by atoms with Crippen LogP contribution in [0.25, 0.3) is 0 Å².